The van der Waals surface area contributed by atoms with Crippen LogP contribution in [0.1, 0.15) is 30.6 Å². The maximum absolute atomic E-state index is 13.0. The van der Waals surface area contributed by atoms with E-state index in [1.807, 2.05) is 26.0 Å². The smallest absolute Gasteiger partial charge is 0.268 e. The number of methoxy groups -OCH3 is 1. The number of ether oxygens (including phenoxy) is 1. The molecule has 0 saturated carbocycles. The Kier molecular flexibility index (Phi) is 10.6. The van der Waals surface area contributed by atoms with Gasteiger partial charge in [-0.3, -0.25) is 4.79 Å². The van der Waals surface area contributed by atoms with Crippen LogP contribution in [0, 0.1) is 0 Å². The van der Waals surface area contributed by atoms with Gasteiger partial charge in [-0.05, 0) is 55.0 Å². The number of anilines is 1. The number of rotatable bonds is 10. The number of carbonyl (C=O) groups is 1. The van der Waals surface area contributed by atoms with Gasteiger partial charge in [0.1, 0.15) is 5.75 Å². The van der Waals surface area contributed by atoms with E-state index in [0.717, 1.165) is 6.42 Å². The van der Waals surface area contributed by atoms with Crippen molar-refractivity contribution in [1.82, 2.24) is 8.28 Å². The molecular weight excluding hydrogens is 599 g/mol. The number of nitrogens with zero attached hydrogens (tertiary/aromatic N) is 2. The highest BCUT2D eigenvalue weighted by atomic mass is 32.2. The first-order chi connectivity index (χ1) is 21.1. The van der Waals surface area contributed by atoms with Crippen LogP contribution in [0.5, 0.6) is 5.75 Å². The molecule has 0 aliphatic carbocycles. The summed E-state index contributed by atoms with van der Waals surface area (Å²) in [6, 6.07) is 30.6. The summed E-state index contributed by atoms with van der Waals surface area (Å²) < 4.78 is 58.3. The highest BCUT2D eigenvalue weighted by Gasteiger charge is 2.22. The predicted molar refractivity (Wildman–Crippen MR) is 173 cm³/mol. The van der Waals surface area contributed by atoms with E-state index in [0.29, 0.717) is 45.9 Å². The molecule has 1 heterocycles. The van der Waals surface area contributed by atoms with Gasteiger partial charge in [0, 0.05) is 36.3 Å². The number of benzene rings is 4. The van der Waals surface area contributed by atoms with E-state index in [4.69, 9.17) is 4.74 Å². The first-order valence-corrected chi connectivity index (χ1v) is 16.9. The Morgan fingerprint density at radius 1 is 0.795 bits per heavy atom. The zero-order valence-corrected chi connectivity index (χ0v) is 26.4. The standard InChI is InChI=1S/C22H18N2O4S.C11H17NO2S/c1-28-21-15-20-17(14-19(21)23-22(25)16-8-4-2-5-9-16)12-13-24(20)29(26,27)18-10-6-3-7-11-18;1-3-10-12(4-2)15(13,14)11-8-6-5-7-9-11/h2-15H,1H3,(H,23,25);5-9H,3-4,10H2,1-2H3. The van der Waals surface area contributed by atoms with Crippen LogP contribution in [0.25, 0.3) is 10.9 Å². The van der Waals surface area contributed by atoms with Crippen LogP contribution in [-0.2, 0) is 20.0 Å². The highest BCUT2D eigenvalue weighted by molar-refractivity contribution is 7.90. The van der Waals surface area contributed by atoms with Gasteiger partial charge in [-0.1, -0.05) is 68.4 Å². The summed E-state index contributed by atoms with van der Waals surface area (Å²) >= 11 is 0. The molecule has 11 heteroatoms. The van der Waals surface area contributed by atoms with Crippen molar-refractivity contribution in [2.24, 2.45) is 0 Å². The van der Waals surface area contributed by atoms with Crippen LogP contribution in [0.4, 0.5) is 5.69 Å². The summed E-state index contributed by atoms with van der Waals surface area (Å²) in [6.07, 6.45) is 2.33. The lowest BCUT2D eigenvalue weighted by Gasteiger charge is -2.19. The predicted octanol–water partition coefficient (Wildman–Crippen LogP) is 6.25. The van der Waals surface area contributed by atoms with Crippen molar-refractivity contribution in [3.05, 3.63) is 121 Å². The van der Waals surface area contributed by atoms with Crippen molar-refractivity contribution in [3.63, 3.8) is 0 Å². The molecule has 4 aromatic carbocycles. The van der Waals surface area contributed by atoms with Gasteiger partial charge in [-0.15, -0.1) is 0 Å². The Bertz CT molecular complexity index is 1910. The zero-order valence-electron chi connectivity index (χ0n) is 24.8. The molecule has 9 nitrogen and oxygen atoms in total. The average Bonchev–Trinajstić information content (AvgIpc) is 3.48. The molecule has 1 amide bonds. The topological polar surface area (TPSA) is 115 Å². The minimum Gasteiger partial charge on any atom is -0.494 e. The molecule has 0 spiro atoms. The molecule has 5 rings (SSSR count). The SMILES string of the molecule is CCCN(CC)S(=O)(=O)c1ccccc1.COc1cc2c(ccn2S(=O)(=O)c2ccccc2)cc1NC(=O)c1ccccc1. The molecule has 0 radical (unpaired) electrons. The number of fused-ring (bicyclic) bond motifs is 1. The summed E-state index contributed by atoms with van der Waals surface area (Å²) in [5, 5.41) is 3.49. The van der Waals surface area contributed by atoms with E-state index in [9.17, 15) is 21.6 Å². The maximum atomic E-state index is 13.0. The lowest BCUT2D eigenvalue weighted by atomic mass is 10.2. The van der Waals surface area contributed by atoms with Gasteiger partial charge in [0.25, 0.3) is 15.9 Å². The highest BCUT2D eigenvalue weighted by Crippen LogP contribution is 2.33. The summed E-state index contributed by atoms with van der Waals surface area (Å²) in [5.74, 6) is 0.0876. The van der Waals surface area contributed by atoms with Crippen molar-refractivity contribution in [2.45, 2.75) is 30.1 Å². The molecule has 5 aromatic rings. The molecule has 230 valence electrons. The van der Waals surface area contributed by atoms with Crippen LogP contribution in [0.3, 0.4) is 0 Å². The Labute approximate surface area is 258 Å². The second-order valence-corrected chi connectivity index (χ2v) is 13.4. The third-order valence-corrected chi connectivity index (χ3v) is 10.5. The number of hydrogen-bond acceptors (Lipinski definition) is 6. The fraction of sp³-hybridized carbons (Fsp3) is 0.182. The van der Waals surface area contributed by atoms with Crippen LogP contribution in [0.2, 0.25) is 0 Å². The number of carbonyl (C=O) groups excluding carboxylic acids is 1. The molecule has 1 aromatic heterocycles. The molecule has 44 heavy (non-hydrogen) atoms. The fourth-order valence-corrected chi connectivity index (χ4v) is 7.47. The molecule has 0 aliphatic heterocycles. The van der Waals surface area contributed by atoms with E-state index in [-0.39, 0.29) is 10.8 Å². The fourth-order valence-electron chi connectivity index (χ4n) is 4.54. The molecular formula is C33H35N3O6S2. The average molecular weight is 634 g/mol. The molecule has 0 saturated heterocycles. The van der Waals surface area contributed by atoms with E-state index >= 15 is 0 Å². The van der Waals surface area contributed by atoms with Crippen LogP contribution in [-0.4, -0.2) is 51.2 Å². The first-order valence-electron chi connectivity index (χ1n) is 14.0. The van der Waals surface area contributed by atoms with Gasteiger partial charge >= 0.3 is 0 Å². The third-order valence-electron chi connectivity index (χ3n) is 6.77. The van der Waals surface area contributed by atoms with Crippen LogP contribution >= 0.6 is 0 Å². The monoisotopic (exact) mass is 633 g/mol. The Balaban J connectivity index is 0.000000249. The Morgan fingerprint density at radius 3 is 1.91 bits per heavy atom. The van der Waals surface area contributed by atoms with Gasteiger partial charge < -0.3 is 10.1 Å². The summed E-state index contributed by atoms with van der Waals surface area (Å²) in [7, 11) is -5.56. The zero-order chi connectivity index (χ0) is 31.7. The first kappa shape index (κ1) is 32.5. The van der Waals surface area contributed by atoms with Crippen molar-refractivity contribution in [1.29, 1.82) is 0 Å². The van der Waals surface area contributed by atoms with Gasteiger partial charge in [0.05, 0.1) is 28.1 Å². The van der Waals surface area contributed by atoms with E-state index in [1.54, 1.807) is 97.1 Å². The second-order valence-electron chi connectivity index (χ2n) is 9.67. The minimum absolute atomic E-state index is 0.193. The molecule has 0 atom stereocenters. The minimum atomic E-state index is -3.75. The number of hydrogen-bond donors (Lipinski definition) is 1. The normalized spacial score (nSPS) is 11.5. The van der Waals surface area contributed by atoms with Crippen molar-refractivity contribution < 1.29 is 26.4 Å². The number of aromatic nitrogens is 1. The van der Waals surface area contributed by atoms with Gasteiger partial charge in [0.2, 0.25) is 10.0 Å². The van der Waals surface area contributed by atoms with Crippen LogP contribution < -0.4 is 10.1 Å². The van der Waals surface area contributed by atoms with Crippen molar-refractivity contribution in [3.8, 4) is 5.75 Å². The van der Waals surface area contributed by atoms with Crippen molar-refractivity contribution >= 4 is 42.5 Å². The largest absolute Gasteiger partial charge is 0.494 e. The van der Waals surface area contributed by atoms with E-state index in [2.05, 4.69) is 5.32 Å². The number of nitrogens with one attached hydrogen (secondary N) is 1. The molecule has 0 aliphatic rings. The van der Waals surface area contributed by atoms with E-state index < -0.39 is 20.0 Å². The van der Waals surface area contributed by atoms with Gasteiger partial charge in [0.15, 0.2) is 0 Å². The lowest BCUT2D eigenvalue weighted by molar-refractivity contribution is 0.102. The van der Waals surface area contributed by atoms with Crippen LogP contribution in [0.15, 0.2) is 125 Å². The Hall–Kier alpha value is -4.45. The summed E-state index contributed by atoms with van der Waals surface area (Å²) in [4.78, 5) is 13.1. The molecule has 0 fully saturated rings. The maximum Gasteiger partial charge on any atom is 0.268 e. The second kappa shape index (κ2) is 14.3. The summed E-state index contributed by atoms with van der Waals surface area (Å²) in [5.41, 5.74) is 1.44. The van der Waals surface area contributed by atoms with E-state index in [1.165, 1.54) is 21.6 Å². The number of amides is 1. The molecule has 0 unspecified atom stereocenters. The molecule has 0 bridgehead atoms. The molecule has 1 N–H and O–H groups in total. The van der Waals surface area contributed by atoms with Gasteiger partial charge in [-0.2, -0.15) is 4.31 Å². The quantitative estimate of drug-likeness (QED) is 0.195. The van der Waals surface area contributed by atoms with Gasteiger partial charge in [-0.25, -0.2) is 20.8 Å². The lowest BCUT2D eigenvalue weighted by Crippen LogP contribution is -2.31. The Morgan fingerprint density at radius 2 is 1.36 bits per heavy atom. The summed E-state index contributed by atoms with van der Waals surface area (Å²) in [6.45, 7) is 4.93. The third kappa shape index (κ3) is 7.19. The number of sulfonamides is 1. The van der Waals surface area contributed by atoms with Crippen molar-refractivity contribution in [2.75, 3.05) is 25.5 Å².